The highest BCUT2D eigenvalue weighted by Crippen LogP contribution is 2.32. The van der Waals surface area contributed by atoms with E-state index in [1.54, 1.807) is 12.1 Å². The first-order valence-electron chi connectivity index (χ1n) is 8.27. The fourth-order valence-corrected chi connectivity index (χ4v) is 3.34. The fourth-order valence-electron chi connectivity index (χ4n) is 3.15. The molecular weight excluding hydrogens is 349 g/mol. The van der Waals surface area contributed by atoms with E-state index < -0.39 is 11.7 Å². The minimum atomic E-state index is -4.30. The van der Waals surface area contributed by atoms with Crippen LogP contribution in [0.15, 0.2) is 48.5 Å². The van der Waals surface area contributed by atoms with E-state index in [9.17, 15) is 13.2 Å². The maximum absolute atomic E-state index is 13.1. The van der Waals surface area contributed by atoms with Gasteiger partial charge in [0.1, 0.15) is 0 Å². The van der Waals surface area contributed by atoms with Gasteiger partial charge in [0.2, 0.25) is 0 Å². The molecule has 0 N–H and O–H groups in total. The predicted molar refractivity (Wildman–Crippen MR) is 93.5 cm³/mol. The van der Waals surface area contributed by atoms with E-state index in [0.29, 0.717) is 12.1 Å². The summed E-state index contributed by atoms with van der Waals surface area (Å²) >= 11 is 6.20. The van der Waals surface area contributed by atoms with Crippen LogP contribution >= 0.6 is 11.6 Å². The lowest BCUT2D eigenvalue weighted by molar-refractivity contribution is -0.138. The topological polar surface area (TPSA) is 6.48 Å². The van der Waals surface area contributed by atoms with Crippen LogP contribution in [0.3, 0.4) is 0 Å². The number of alkyl halides is 3. The number of rotatable bonds is 4. The zero-order valence-corrected chi connectivity index (χ0v) is 14.5. The molecule has 0 amide bonds. The van der Waals surface area contributed by atoms with Gasteiger partial charge in [0.15, 0.2) is 0 Å². The zero-order chi connectivity index (χ0) is 17.9. The molecule has 0 atom stereocenters. The molecule has 134 valence electrons. The van der Waals surface area contributed by atoms with E-state index in [0.717, 1.165) is 49.4 Å². The quantitative estimate of drug-likeness (QED) is 0.773. The highest BCUT2D eigenvalue weighted by Gasteiger charge is 2.33. The van der Waals surface area contributed by atoms with Gasteiger partial charge < -0.3 is 0 Å². The molecule has 0 unspecified atom stereocenters. The molecule has 1 fully saturated rings. The third-order valence-electron chi connectivity index (χ3n) is 4.53. The summed E-state index contributed by atoms with van der Waals surface area (Å²) in [4.78, 5) is 4.36. The van der Waals surface area contributed by atoms with Crippen LogP contribution in [0.4, 0.5) is 13.2 Å². The first kappa shape index (κ1) is 18.2. The summed E-state index contributed by atoms with van der Waals surface area (Å²) in [5, 5.41) is 0.754. The second-order valence-electron chi connectivity index (χ2n) is 6.30. The van der Waals surface area contributed by atoms with Gasteiger partial charge in [-0.25, -0.2) is 0 Å². The Morgan fingerprint density at radius 1 is 0.760 bits per heavy atom. The van der Waals surface area contributed by atoms with Gasteiger partial charge >= 0.3 is 6.18 Å². The molecule has 2 aromatic carbocycles. The average molecular weight is 369 g/mol. The number of nitrogens with zero attached hydrogens (tertiary/aromatic N) is 2. The van der Waals surface area contributed by atoms with Gasteiger partial charge in [0, 0.05) is 44.3 Å². The fraction of sp³-hybridized carbons (Fsp3) is 0.368. The number of hydrogen-bond donors (Lipinski definition) is 0. The van der Waals surface area contributed by atoms with Gasteiger partial charge in [-0.3, -0.25) is 9.80 Å². The second-order valence-corrected chi connectivity index (χ2v) is 6.71. The molecule has 0 spiro atoms. The molecule has 3 rings (SSSR count). The van der Waals surface area contributed by atoms with Crippen LogP contribution in [0.25, 0.3) is 0 Å². The first-order valence-corrected chi connectivity index (χ1v) is 8.64. The minimum absolute atomic E-state index is 0.329. The Hall–Kier alpha value is -1.56. The van der Waals surface area contributed by atoms with Crippen LogP contribution in [-0.2, 0) is 19.3 Å². The molecule has 0 radical (unpaired) electrons. The summed E-state index contributed by atoms with van der Waals surface area (Å²) in [5.74, 6) is 0. The molecule has 0 saturated carbocycles. The van der Waals surface area contributed by atoms with Crippen molar-refractivity contribution in [1.29, 1.82) is 0 Å². The summed E-state index contributed by atoms with van der Waals surface area (Å²) in [6.07, 6.45) is -4.30. The van der Waals surface area contributed by atoms with Gasteiger partial charge in [0.25, 0.3) is 0 Å². The highest BCUT2D eigenvalue weighted by atomic mass is 35.5. The van der Waals surface area contributed by atoms with Crippen molar-refractivity contribution >= 4 is 11.6 Å². The molecule has 1 heterocycles. The molecule has 0 aromatic heterocycles. The molecule has 1 saturated heterocycles. The number of benzene rings is 2. The Labute approximate surface area is 150 Å². The van der Waals surface area contributed by atoms with Crippen molar-refractivity contribution in [2.24, 2.45) is 0 Å². The molecular formula is C19H20ClF3N2. The van der Waals surface area contributed by atoms with Gasteiger partial charge in [-0.2, -0.15) is 13.2 Å². The largest absolute Gasteiger partial charge is 0.416 e. The molecule has 1 aliphatic heterocycles. The highest BCUT2D eigenvalue weighted by molar-refractivity contribution is 6.31. The number of piperazine rings is 1. The van der Waals surface area contributed by atoms with E-state index in [4.69, 9.17) is 11.6 Å². The summed E-state index contributed by atoms with van der Waals surface area (Å²) in [6.45, 7) is 4.23. The lowest BCUT2D eigenvalue weighted by Gasteiger charge is -2.35. The lowest BCUT2D eigenvalue weighted by atomic mass is 10.1. The molecule has 25 heavy (non-hydrogen) atoms. The Morgan fingerprint density at radius 2 is 1.24 bits per heavy atom. The molecule has 1 aliphatic rings. The Balaban J connectivity index is 1.58. The smallest absolute Gasteiger partial charge is 0.297 e. The normalized spacial score (nSPS) is 17.0. The van der Waals surface area contributed by atoms with Crippen LogP contribution in [0.5, 0.6) is 0 Å². The van der Waals surface area contributed by atoms with Crippen molar-refractivity contribution < 1.29 is 13.2 Å². The van der Waals surface area contributed by atoms with Crippen LogP contribution in [0.2, 0.25) is 5.02 Å². The van der Waals surface area contributed by atoms with Crippen molar-refractivity contribution in [3.63, 3.8) is 0 Å². The lowest BCUT2D eigenvalue weighted by Crippen LogP contribution is -2.45. The second kappa shape index (κ2) is 7.77. The minimum Gasteiger partial charge on any atom is -0.297 e. The summed E-state index contributed by atoms with van der Waals surface area (Å²) < 4.78 is 39.3. The molecule has 0 bridgehead atoms. The summed E-state index contributed by atoms with van der Waals surface area (Å²) in [6, 6.07) is 13.6. The van der Waals surface area contributed by atoms with Gasteiger partial charge in [-0.1, -0.05) is 48.0 Å². The van der Waals surface area contributed by atoms with Crippen molar-refractivity contribution in [1.82, 2.24) is 9.80 Å². The predicted octanol–water partition coefficient (Wildman–Crippen LogP) is 4.68. The SMILES string of the molecule is FC(F)(F)c1ccccc1CN1CCN(Cc2ccccc2Cl)CC1. The number of halogens is 4. The van der Waals surface area contributed by atoms with Crippen molar-refractivity contribution in [3.05, 3.63) is 70.2 Å². The maximum atomic E-state index is 13.1. The van der Waals surface area contributed by atoms with Gasteiger partial charge in [-0.15, -0.1) is 0 Å². The van der Waals surface area contributed by atoms with Crippen molar-refractivity contribution in [2.45, 2.75) is 19.3 Å². The van der Waals surface area contributed by atoms with E-state index >= 15 is 0 Å². The monoisotopic (exact) mass is 368 g/mol. The van der Waals surface area contributed by atoms with E-state index in [-0.39, 0.29) is 0 Å². The third kappa shape index (κ3) is 4.75. The zero-order valence-electron chi connectivity index (χ0n) is 13.8. The first-order chi connectivity index (χ1) is 11.9. The van der Waals surface area contributed by atoms with Crippen LogP contribution in [-0.4, -0.2) is 36.0 Å². The standard InChI is InChI=1S/C19H20ClF3N2/c20-18-8-4-2-6-16(18)14-25-11-9-24(10-12-25)13-15-5-1-3-7-17(15)19(21,22)23/h1-8H,9-14H2. The summed E-state index contributed by atoms with van der Waals surface area (Å²) in [5.41, 5.74) is 0.892. The third-order valence-corrected chi connectivity index (χ3v) is 4.90. The molecule has 2 nitrogen and oxygen atoms in total. The van der Waals surface area contributed by atoms with E-state index in [1.807, 2.05) is 24.3 Å². The van der Waals surface area contributed by atoms with E-state index in [2.05, 4.69) is 9.80 Å². The number of hydrogen-bond acceptors (Lipinski definition) is 2. The Morgan fingerprint density at radius 3 is 1.80 bits per heavy atom. The average Bonchev–Trinajstić information content (AvgIpc) is 2.58. The van der Waals surface area contributed by atoms with E-state index in [1.165, 1.54) is 6.07 Å². The van der Waals surface area contributed by atoms with Crippen molar-refractivity contribution in [2.75, 3.05) is 26.2 Å². The maximum Gasteiger partial charge on any atom is 0.416 e. The Bertz CT molecular complexity index is 710. The van der Waals surface area contributed by atoms with Crippen molar-refractivity contribution in [3.8, 4) is 0 Å². The van der Waals surface area contributed by atoms with Gasteiger partial charge in [-0.05, 0) is 23.3 Å². The van der Waals surface area contributed by atoms with Gasteiger partial charge in [0.05, 0.1) is 5.56 Å². The van der Waals surface area contributed by atoms with Crippen LogP contribution < -0.4 is 0 Å². The summed E-state index contributed by atoms with van der Waals surface area (Å²) in [7, 11) is 0. The molecule has 2 aromatic rings. The molecule has 0 aliphatic carbocycles. The van der Waals surface area contributed by atoms with Crippen LogP contribution in [0.1, 0.15) is 16.7 Å². The van der Waals surface area contributed by atoms with Crippen LogP contribution in [0, 0.1) is 0 Å². The Kier molecular flexibility index (Phi) is 5.67. The molecule has 6 heteroatoms.